The lowest BCUT2D eigenvalue weighted by Crippen LogP contribution is -2.37. The van der Waals surface area contributed by atoms with Crippen LogP contribution in [0, 0.1) is 17.2 Å². The molecule has 1 N–H and O–H groups in total. The van der Waals surface area contributed by atoms with Crippen molar-refractivity contribution in [3.05, 3.63) is 102 Å². The molecule has 0 aliphatic rings. The Morgan fingerprint density at radius 2 is 1.72 bits per heavy atom. The number of nitrogens with one attached hydrogen (secondary N) is 1. The molecule has 7 heteroatoms. The number of pyridine rings is 1. The Balaban J connectivity index is 1.42. The smallest absolute Gasteiger partial charge is 0.289 e. The Morgan fingerprint density at radius 3 is 2.49 bits per heavy atom. The topological polar surface area (TPSA) is 105 Å². The molecule has 1 unspecified atom stereocenters. The summed E-state index contributed by atoms with van der Waals surface area (Å²) in [6.45, 7) is 3.73. The monoisotopic (exact) mass is 517 g/mol. The van der Waals surface area contributed by atoms with Crippen molar-refractivity contribution >= 4 is 39.4 Å². The highest BCUT2D eigenvalue weighted by molar-refractivity contribution is 5.97. The number of nitriles is 1. The van der Waals surface area contributed by atoms with Gasteiger partial charge >= 0.3 is 0 Å². The van der Waals surface area contributed by atoms with Gasteiger partial charge in [0.2, 0.25) is 0 Å². The van der Waals surface area contributed by atoms with Crippen molar-refractivity contribution in [3.8, 4) is 12.0 Å². The second-order valence-corrected chi connectivity index (χ2v) is 9.61. The van der Waals surface area contributed by atoms with E-state index in [1.165, 1.54) is 0 Å². The summed E-state index contributed by atoms with van der Waals surface area (Å²) >= 11 is 0. The number of aromatic nitrogens is 1. The zero-order valence-corrected chi connectivity index (χ0v) is 21.7. The number of fused-ring (bicyclic) bond motifs is 2. The van der Waals surface area contributed by atoms with Gasteiger partial charge in [-0.2, -0.15) is 5.26 Å². The molecule has 39 heavy (non-hydrogen) atoms. The Kier molecular flexibility index (Phi) is 7.37. The van der Waals surface area contributed by atoms with Crippen LogP contribution in [-0.4, -0.2) is 22.8 Å². The number of ether oxygens (including phenoxy) is 1. The molecule has 3 aromatic carbocycles. The molecule has 0 fully saturated rings. The summed E-state index contributed by atoms with van der Waals surface area (Å²) in [4.78, 5) is 30.8. The molecule has 194 valence electrons. The molecule has 5 aromatic rings. The third-order valence-corrected chi connectivity index (χ3v) is 6.54. The Morgan fingerprint density at radius 1 is 1.00 bits per heavy atom. The van der Waals surface area contributed by atoms with Gasteiger partial charge in [-0.3, -0.25) is 9.59 Å². The Hall–Kier alpha value is -4.96. The van der Waals surface area contributed by atoms with Crippen LogP contribution in [0.25, 0.3) is 21.9 Å². The van der Waals surface area contributed by atoms with Gasteiger partial charge in [0, 0.05) is 28.3 Å². The first-order valence-electron chi connectivity index (χ1n) is 12.8. The summed E-state index contributed by atoms with van der Waals surface area (Å²) in [5, 5.41) is 14.1. The highest BCUT2D eigenvalue weighted by atomic mass is 16.6. The molecular weight excluding hydrogens is 490 g/mol. The zero-order valence-electron chi connectivity index (χ0n) is 21.7. The van der Waals surface area contributed by atoms with Crippen molar-refractivity contribution in [2.75, 3.05) is 5.32 Å². The molecule has 0 spiro atoms. The lowest BCUT2D eigenvalue weighted by Gasteiger charge is -2.21. The maximum Gasteiger partial charge on any atom is 0.289 e. The van der Waals surface area contributed by atoms with E-state index in [2.05, 4.69) is 16.4 Å². The SMILES string of the molecule is CC(C)C(Oc1oc2ccccc2c1CCC(=O)c1ccccc1)C(=O)Nc1nc2ccccc2cc1C#N. The summed E-state index contributed by atoms with van der Waals surface area (Å²) in [6, 6.07) is 27.8. The summed E-state index contributed by atoms with van der Waals surface area (Å²) in [5.41, 5.74) is 2.91. The van der Waals surface area contributed by atoms with Crippen molar-refractivity contribution in [1.82, 2.24) is 4.98 Å². The molecule has 0 saturated heterocycles. The van der Waals surface area contributed by atoms with Gasteiger partial charge in [-0.15, -0.1) is 0 Å². The number of Topliss-reactive ketones (excluding diaryl/α,β-unsaturated/α-hetero) is 1. The van der Waals surface area contributed by atoms with E-state index in [0.717, 1.165) is 16.3 Å². The predicted octanol–water partition coefficient (Wildman–Crippen LogP) is 6.71. The first kappa shape index (κ1) is 25.7. The number of amides is 1. The van der Waals surface area contributed by atoms with Crippen molar-refractivity contribution in [2.45, 2.75) is 32.8 Å². The van der Waals surface area contributed by atoms with Gasteiger partial charge in [0.25, 0.3) is 11.9 Å². The number of hydrogen-bond acceptors (Lipinski definition) is 6. The summed E-state index contributed by atoms with van der Waals surface area (Å²) in [7, 11) is 0. The van der Waals surface area contributed by atoms with E-state index in [9.17, 15) is 14.9 Å². The van der Waals surface area contributed by atoms with Crippen LogP contribution in [-0.2, 0) is 11.2 Å². The first-order valence-corrected chi connectivity index (χ1v) is 12.8. The second kappa shape index (κ2) is 11.2. The highest BCUT2D eigenvalue weighted by Crippen LogP contribution is 2.35. The molecule has 0 aliphatic heterocycles. The number of para-hydroxylation sites is 2. The van der Waals surface area contributed by atoms with Crippen molar-refractivity contribution in [1.29, 1.82) is 5.26 Å². The number of nitrogens with zero attached hydrogens (tertiary/aromatic N) is 2. The number of furan rings is 1. The van der Waals surface area contributed by atoms with Crippen molar-refractivity contribution < 1.29 is 18.7 Å². The van der Waals surface area contributed by atoms with E-state index in [4.69, 9.17) is 9.15 Å². The standard InChI is InChI=1S/C32H27N3O4/c1-20(2)29(31(37)35-30-23(19-33)18-22-12-6-8-14-26(22)34-30)39-32-25(24-13-7-9-15-28(24)38-32)16-17-27(36)21-10-4-3-5-11-21/h3-15,18,20,29H,16-17H2,1-2H3,(H,34,35,37). The average molecular weight is 518 g/mol. The molecule has 7 nitrogen and oxygen atoms in total. The molecule has 0 saturated carbocycles. The highest BCUT2D eigenvalue weighted by Gasteiger charge is 2.29. The second-order valence-electron chi connectivity index (χ2n) is 9.61. The minimum absolute atomic E-state index is 0.0106. The predicted molar refractivity (Wildman–Crippen MR) is 150 cm³/mol. The lowest BCUT2D eigenvalue weighted by atomic mass is 10.0. The van der Waals surface area contributed by atoms with Gasteiger partial charge in [-0.05, 0) is 30.5 Å². The van der Waals surface area contributed by atoms with Gasteiger partial charge < -0.3 is 14.5 Å². The summed E-state index contributed by atoms with van der Waals surface area (Å²) in [6.07, 6.45) is -0.291. The van der Waals surface area contributed by atoms with Crippen LogP contribution < -0.4 is 10.1 Å². The lowest BCUT2D eigenvalue weighted by molar-refractivity contribution is -0.125. The van der Waals surface area contributed by atoms with Gasteiger partial charge in [-0.1, -0.05) is 80.6 Å². The largest absolute Gasteiger partial charge is 0.451 e. The zero-order chi connectivity index (χ0) is 27.4. The fourth-order valence-corrected chi connectivity index (χ4v) is 4.51. The molecule has 1 amide bonds. The van der Waals surface area contributed by atoms with Crippen molar-refractivity contribution in [3.63, 3.8) is 0 Å². The maximum atomic E-state index is 13.5. The molecule has 5 rings (SSSR count). The number of aryl methyl sites for hydroxylation is 1. The van der Waals surface area contributed by atoms with E-state index in [1.807, 2.05) is 80.6 Å². The van der Waals surface area contributed by atoms with E-state index >= 15 is 0 Å². The molecule has 0 aliphatic carbocycles. The van der Waals surface area contributed by atoms with Crippen LogP contribution in [0.3, 0.4) is 0 Å². The van der Waals surface area contributed by atoms with Crippen LogP contribution in [0.5, 0.6) is 5.95 Å². The fourth-order valence-electron chi connectivity index (χ4n) is 4.51. The third-order valence-electron chi connectivity index (χ3n) is 6.54. The van der Waals surface area contributed by atoms with Gasteiger partial charge in [0.15, 0.2) is 17.7 Å². The van der Waals surface area contributed by atoms with E-state index < -0.39 is 12.0 Å². The van der Waals surface area contributed by atoms with Gasteiger partial charge in [0.1, 0.15) is 11.7 Å². The molecule has 0 radical (unpaired) electrons. The number of hydrogen-bond donors (Lipinski definition) is 1. The van der Waals surface area contributed by atoms with Crippen molar-refractivity contribution in [2.24, 2.45) is 5.92 Å². The minimum atomic E-state index is -0.936. The quantitative estimate of drug-likeness (QED) is 0.218. The van der Waals surface area contributed by atoms with Gasteiger partial charge in [-0.25, -0.2) is 4.98 Å². The number of rotatable bonds is 9. The fraction of sp³-hybridized carbons (Fsp3) is 0.188. The Bertz CT molecular complexity index is 1700. The Labute approximate surface area is 226 Å². The number of anilines is 1. The molecule has 1 atom stereocenters. The van der Waals surface area contributed by atoms with Gasteiger partial charge in [0.05, 0.1) is 11.1 Å². The van der Waals surface area contributed by atoms with E-state index in [-0.39, 0.29) is 35.4 Å². The van der Waals surface area contributed by atoms with Crippen LogP contribution in [0.2, 0.25) is 0 Å². The number of ketones is 1. The summed E-state index contributed by atoms with van der Waals surface area (Å²) in [5.74, 6) is -0.290. The molecule has 2 heterocycles. The molecule has 2 aromatic heterocycles. The van der Waals surface area contributed by atoms with Crippen LogP contribution >= 0.6 is 0 Å². The third kappa shape index (κ3) is 5.51. The minimum Gasteiger partial charge on any atom is -0.451 e. The van der Waals surface area contributed by atoms with Crippen LogP contribution in [0.15, 0.2) is 89.3 Å². The van der Waals surface area contributed by atoms with Crippen LogP contribution in [0.1, 0.15) is 41.8 Å². The average Bonchev–Trinajstić information content (AvgIpc) is 3.31. The van der Waals surface area contributed by atoms with E-state index in [0.29, 0.717) is 23.1 Å². The summed E-state index contributed by atoms with van der Waals surface area (Å²) < 4.78 is 12.3. The number of carbonyl (C=O) groups excluding carboxylic acids is 2. The van der Waals surface area contributed by atoms with Crippen LogP contribution in [0.4, 0.5) is 5.82 Å². The first-order chi connectivity index (χ1) is 18.9. The normalized spacial score (nSPS) is 11.8. The van der Waals surface area contributed by atoms with E-state index in [1.54, 1.807) is 18.2 Å². The molecular formula is C32H27N3O4. The number of carbonyl (C=O) groups is 2. The number of benzene rings is 3. The maximum absolute atomic E-state index is 13.5. The molecule has 0 bridgehead atoms.